The second-order valence-corrected chi connectivity index (χ2v) is 4.23. The highest BCUT2D eigenvalue weighted by Crippen LogP contribution is 2.33. The summed E-state index contributed by atoms with van der Waals surface area (Å²) in [7, 11) is 0. The molecule has 2 nitrogen and oxygen atoms in total. The average Bonchev–Trinajstić information content (AvgIpc) is 2.24. The van der Waals surface area contributed by atoms with Gasteiger partial charge in [0, 0.05) is 6.20 Å². The smallest absolute Gasteiger partial charge is 0.129 e. The molecule has 1 N–H and O–H groups in total. The summed E-state index contributed by atoms with van der Waals surface area (Å²) in [5.41, 5.74) is 1.12. The Balaban J connectivity index is 2.30. The average molecular weight is 217 g/mol. The highest BCUT2D eigenvalue weighted by Gasteiger charge is 2.04. The van der Waals surface area contributed by atoms with Gasteiger partial charge in [-0.3, -0.25) is 0 Å². The van der Waals surface area contributed by atoms with Crippen LogP contribution in [0.4, 0.5) is 0 Å². The number of para-hydroxylation sites is 1. The van der Waals surface area contributed by atoms with E-state index < -0.39 is 0 Å². The minimum atomic E-state index is 0.299. The maximum absolute atomic E-state index is 9.61. The van der Waals surface area contributed by atoms with Crippen LogP contribution >= 0.6 is 11.8 Å². The van der Waals surface area contributed by atoms with Crippen LogP contribution in [0.5, 0.6) is 5.75 Å². The van der Waals surface area contributed by atoms with Crippen LogP contribution in [0.25, 0.3) is 0 Å². The Morgan fingerprint density at radius 2 is 1.93 bits per heavy atom. The Morgan fingerprint density at radius 1 is 1.13 bits per heavy atom. The van der Waals surface area contributed by atoms with Crippen molar-refractivity contribution >= 4 is 11.8 Å². The summed E-state index contributed by atoms with van der Waals surface area (Å²) < 4.78 is 0. The van der Waals surface area contributed by atoms with E-state index in [0.29, 0.717) is 5.75 Å². The Kier molecular flexibility index (Phi) is 2.92. The third-order valence-corrected chi connectivity index (χ3v) is 3.22. The van der Waals surface area contributed by atoms with Crippen molar-refractivity contribution in [3.63, 3.8) is 0 Å². The molecular formula is C12H11NOS. The molecule has 0 spiro atoms. The Bertz CT molecular complexity index is 427. The quantitative estimate of drug-likeness (QED) is 0.838. The summed E-state index contributed by atoms with van der Waals surface area (Å²) in [6.45, 7) is 2.01. The van der Waals surface area contributed by atoms with Gasteiger partial charge in [-0.2, -0.15) is 0 Å². The first-order valence-electron chi connectivity index (χ1n) is 4.65. The topological polar surface area (TPSA) is 33.1 Å². The summed E-state index contributed by atoms with van der Waals surface area (Å²) in [6.07, 6.45) is 1.76. The lowest BCUT2D eigenvalue weighted by atomic mass is 10.3. The van der Waals surface area contributed by atoms with E-state index in [1.807, 2.05) is 37.3 Å². The van der Waals surface area contributed by atoms with E-state index in [1.54, 1.807) is 12.3 Å². The van der Waals surface area contributed by atoms with Crippen LogP contribution in [-0.2, 0) is 0 Å². The maximum Gasteiger partial charge on any atom is 0.129 e. The zero-order valence-corrected chi connectivity index (χ0v) is 9.16. The van der Waals surface area contributed by atoms with Gasteiger partial charge in [0.25, 0.3) is 0 Å². The van der Waals surface area contributed by atoms with Crippen LogP contribution in [0.2, 0.25) is 0 Å². The zero-order chi connectivity index (χ0) is 10.7. The minimum Gasteiger partial charge on any atom is -0.507 e. The van der Waals surface area contributed by atoms with E-state index in [9.17, 15) is 5.11 Å². The molecule has 0 aliphatic heterocycles. The first-order valence-corrected chi connectivity index (χ1v) is 5.46. The molecule has 2 aromatic rings. The molecule has 15 heavy (non-hydrogen) atoms. The van der Waals surface area contributed by atoms with Crippen molar-refractivity contribution in [2.45, 2.75) is 16.8 Å². The van der Waals surface area contributed by atoms with Crippen LogP contribution < -0.4 is 0 Å². The van der Waals surface area contributed by atoms with E-state index in [0.717, 1.165) is 15.5 Å². The molecule has 0 aliphatic carbocycles. The third kappa shape index (κ3) is 2.30. The van der Waals surface area contributed by atoms with Crippen molar-refractivity contribution < 1.29 is 5.11 Å². The Labute approximate surface area is 93.0 Å². The number of nitrogens with zero attached hydrogens (tertiary/aromatic N) is 1. The SMILES string of the molecule is Cc1cccnc1Sc1ccccc1O. The largest absolute Gasteiger partial charge is 0.507 e. The molecule has 1 heterocycles. The number of pyridine rings is 1. The maximum atomic E-state index is 9.61. The molecule has 0 atom stereocenters. The molecule has 0 radical (unpaired) electrons. The molecule has 0 fully saturated rings. The molecule has 0 saturated heterocycles. The molecule has 2 rings (SSSR count). The first kappa shape index (κ1) is 10.1. The van der Waals surface area contributed by atoms with E-state index in [4.69, 9.17) is 0 Å². The van der Waals surface area contributed by atoms with E-state index in [-0.39, 0.29) is 0 Å². The zero-order valence-electron chi connectivity index (χ0n) is 8.34. The molecule has 0 aliphatic rings. The fraction of sp³-hybridized carbons (Fsp3) is 0.0833. The number of phenols is 1. The first-order chi connectivity index (χ1) is 7.27. The van der Waals surface area contributed by atoms with Crippen LogP contribution in [0, 0.1) is 6.92 Å². The summed E-state index contributed by atoms with van der Waals surface area (Å²) in [5.74, 6) is 0.299. The van der Waals surface area contributed by atoms with Crippen LogP contribution in [0.3, 0.4) is 0 Å². The molecule has 0 unspecified atom stereocenters. The second-order valence-electron chi connectivity index (χ2n) is 3.20. The highest BCUT2D eigenvalue weighted by atomic mass is 32.2. The standard InChI is InChI=1S/C12H11NOS/c1-9-5-4-8-13-12(9)15-11-7-3-2-6-10(11)14/h2-8,14H,1H3. The number of aromatic nitrogens is 1. The van der Waals surface area contributed by atoms with Crippen molar-refractivity contribution in [2.24, 2.45) is 0 Å². The van der Waals surface area contributed by atoms with Gasteiger partial charge in [0.05, 0.1) is 4.90 Å². The van der Waals surface area contributed by atoms with Gasteiger partial charge in [0.15, 0.2) is 0 Å². The predicted octanol–water partition coefficient (Wildman–Crippen LogP) is 3.25. The van der Waals surface area contributed by atoms with Crippen molar-refractivity contribution in [1.29, 1.82) is 0 Å². The fourth-order valence-corrected chi connectivity index (χ4v) is 2.10. The number of aromatic hydroxyl groups is 1. The number of hydrogen-bond donors (Lipinski definition) is 1. The lowest BCUT2D eigenvalue weighted by Crippen LogP contribution is -1.83. The molecule has 76 valence electrons. The molecule has 1 aromatic carbocycles. The lowest BCUT2D eigenvalue weighted by molar-refractivity contribution is 0.462. The molecule has 0 bridgehead atoms. The number of phenolic OH excluding ortho intramolecular Hbond substituents is 1. The van der Waals surface area contributed by atoms with Crippen LogP contribution in [0.15, 0.2) is 52.5 Å². The van der Waals surface area contributed by atoms with Crippen molar-refractivity contribution in [3.8, 4) is 5.75 Å². The Morgan fingerprint density at radius 3 is 2.67 bits per heavy atom. The van der Waals surface area contributed by atoms with Gasteiger partial charge >= 0.3 is 0 Å². The van der Waals surface area contributed by atoms with Gasteiger partial charge in [-0.25, -0.2) is 4.98 Å². The van der Waals surface area contributed by atoms with Gasteiger partial charge in [-0.15, -0.1) is 0 Å². The number of rotatable bonds is 2. The second kappa shape index (κ2) is 4.36. The van der Waals surface area contributed by atoms with E-state index in [1.165, 1.54) is 11.8 Å². The van der Waals surface area contributed by atoms with E-state index in [2.05, 4.69) is 4.98 Å². The summed E-state index contributed by atoms with van der Waals surface area (Å²) >= 11 is 1.48. The third-order valence-electron chi connectivity index (χ3n) is 2.03. The van der Waals surface area contributed by atoms with Gasteiger partial charge in [0.2, 0.25) is 0 Å². The van der Waals surface area contributed by atoms with E-state index >= 15 is 0 Å². The Hall–Kier alpha value is -1.48. The summed E-state index contributed by atoms with van der Waals surface area (Å²) in [4.78, 5) is 5.10. The van der Waals surface area contributed by atoms with Gasteiger partial charge < -0.3 is 5.11 Å². The fourth-order valence-electron chi connectivity index (χ4n) is 1.23. The number of hydrogen-bond acceptors (Lipinski definition) is 3. The van der Waals surface area contributed by atoms with Crippen LogP contribution in [-0.4, -0.2) is 10.1 Å². The monoisotopic (exact) mass is 217 g/mol. The molecular weight excluding hydrogens is 206 g/mol. The normalized spacial score (nSPS) is 10.2. The highest BCUT2D eigenvalue weighted by molar-refractivity contribution is 7.99. The predicted molar refractivity (Wildman–Crippen MR) is 61.2 cm³/mol. The lowest BCUT2D eigenvalue weighted by Gasteiger charge is -2.05. The van der Waals surface area contributed by atoms with Gasteiger partial charge in [-0.1, -0.05) is 30.0 Å². The van der Waals surface area contributed by atoms with Crippen molar-refractivity contribution in [2.75, 3.05) is 0 Å². The minimum absolute atomic E-state index is 0.299. The molecule has 1 aromatic heterocycles. The van der Waals surface area contributed by atoms with Gasteiger partial charge in [0.1, 0.15) is 10.8 Å². The number of aryl methyl sites for hydroxylation is 1. The molecule has 0 amide bonds. The molecule has 0 saturated carbocycles. The number of benzene rings is 1. The van der Waals surface area contributed by atoms with Crippen LogP contribution in [0.1, 0.15) is 5.56 Å². The van der Waals surface area contributed by atoms with Crippen molar-refractivity contribution in [3.05, 3.63) is 48.2 Å². The summed E-state index contributed by atoms with van der Waals surface area (Å²) in [6, 6.07) is 11.2. The molecule has 3 heteroatoms. The summed E-state index contributed by atoms with van der Waals surface area (Å²) in [5, 5.41) is 10.5. The van der Waals surface area contributed by atoms with Crippen molar-refractivity contribution in [1.82, 2.24) is 4.98 Å². The van der Waals surface area contributed by atoms with Gasteiger partial charge in [-0.05, 0) is 30.7 Å².